The molecule has 0 bridgehead atoms. The van der Waals surface area contributed by atoms with Gasteiger partial charge < -0.3 is 18.0 Å². The third-order valence-electron chi connectivity index (χ3n) is 3.54. The Morgan fingerprint density at radius 1 is 0.950 bits per heavy atom. The number of rotatable bonds is 10. The molecular formula is C15H32O4Si. The Labute approximate surface area is 125 Å². The predicted octanol–water partition coefficient (Wildman–Crippen LogP) is 4.12. The van der Waals surface area contributed by atoms with Crippen LogP contribution >= 0.6 is 0 Å². The fourth-order valence-corrected chi connectivity index (χ4v) is 5.56. The first-order chi connectivity index (χ1) is 9.66. The van der Waals surface area contributed by atoms with Crippen molar-refractivity contribution in [1.29, 1.82) is 0 Å². The lowest BCUT2D eigenvalue weighted by molar-refractivity contribution is -0.226. The number of ether oxygens (including phenoxy) is 1. The Morgan fingerprint density at radius 2 is 1.55 bits per heavy atom. The highest BCUT2D eigenvalue weighted by Crippen LogP contribution is 2.38. The van der Waals surface area contributed by atoms with Crippen molar-refractivity contribution in [3.8, 4) is 0 Å². The van der Waals surface area contributed by atoms with Crippen molar-refractivity contribution in [2.45, 2.75) is 78.1 Å². The van der Waals surface area contributed by atoms with Gasteiger partial charge in [0.2, 0.25) is 0 Å². The van der Waals surface area contributed by atoms with Crippen LogP contribution in [0.5, 0.6) is 0 Å². The predicted molar refractivity (Wildman–Crippen MR) is 82.6 cm³/mol. The van der Waals surface area contributed by atoms with Crippen LogP contribution in [-0.4, -0.2) is 34.4 Å². The molecule has 0 aromatic heterocycles. The van der Waals surface area contributed by atoms with Gasteiger partial charge in [-0.25, -0.2) is 0 Å². The molecule has 120 valence electrons. The molecule has 0 saturated carbocycles. The van der Waals surface area contributed by atoms with Crippen LogP contribution in [0, 0.1) is 0 Å². The second-order valence-corrected chi connectivity index (χ2v) is 8.10. The van der Waals surface area contributed by atoms with Crippen molar-refractivity contribution in [3.63, 3.8) is 0 Å². The fraction of sp³-hybridized carbons (Fsp3) is 1.00. The minimum Gasteiger partial charge on any atom is -0.373 e. The molecule has 0 aromatic carbocycles. The second kappa shape index (κ2) is 9.15. The van der Waals surface area contributed by atoms with Gasteiger partial charge >= 0.3 is 8.80 Å². The Bertz CT molecular complexity index is 254. The van der Waals surface area contributed by atoms with Crippen LogP contribution in [0.4, 0.5) is 0 Å². The summed E-state index contributed by atoms with van der Waals surface area (Å²) in [6, 6.07) is 0.921. The summed E-state index contributed by atoms with van der Waals surface area (Å²) >= 11 is 0. The molecule has 1 fully saturated rings. The quantitative estimate of drug-likeness (QED) is 0.569. The molecule has 4 nitrogen and oxygen atoms in total. The van der Waals surface area contributed by atoms with Crippen LogP contribution in [0.3, 0.4) is 0 Å². The Kier molecular flexibility index (Phi) is 8.29. The third kappa shape index (κ3) is 5.11. The molecule has 1 heterocycles. The summed E-state index contributed by atoms with van der Waals surface area (Å²) in [5, 5.41) is 0. The normalized spacial score (nSPS) is 25.8. The standard InChI is InChI=1S/C15H32O4Si/c1-5-11-16-15(8-4)10-9-14-20(19-15,17-12-6-2)18-13-7-3/h5-14H2,1-4H3. The van der Waals surface area contributed by atoms with E-state index < -0.39 is 14.6 Å². The Hall–Kier alpha value is 0.0569. The van der Waals surface area contributed by atoms with Gasteiger partial charge in [-0.2, -0.15) is 0 Å². The van der Waals surface area contributed by atoms with Crippen LogP contribution in [0.15, 0.2) is 0 Å². The number of hydrogen-bond acceptors (Lipinski definition) is 4. The van der Waals surface area contributed by atoms with Gasteiger partial charge in [0, 0.05) is 32.3 Å². The van der Waals surface area contributed by atoms with Crippen LogP contribution < -0.4 is 0 Å². The van der Waals surface area contributed by atoms with Crippen molar-refractivity contribution < 1.29 is 18.0 Å². The monoisotopic (exact) mass is 304 g/mol. The highest BCUT2D eigenvalue weighted by atomic mass is 28.4. The average molecular weight is 305 g/mol. The maximum absolute atomic E-state index is 6.39. The first-order valence-corrected chi connectivity index (χ1v) is 10.2. The molecule has 0 radical (unpaired) electrons. The molecule has 0 N–H and O–H groups in total. The smallest absolute Gasteiger partial charge is 0.373 e. The molecule has 1 saturated heterocycles. The van der Waals surface area contributed by atoms with E-state index in [2.05, 4.69) is 27.7 Å². The SMILES string of the molecule is CCCOC1(CC)CCC[Si](OCCC)(OCCC)O1. The van der Waals surface area contributed by atoms with Gasteiger partial charge in [0.05, 0.1) is 0 Å². The van der Waals surface area contributed by atoms with E-state index in [1.165, 1.54) is 0 Å². The zero-order valence-corrected chi connectivity index (χ0v) is 14.7. The van der Waals surface area contributed by atoms with Crippen LogP contribution in [0.2, 0.25) is 6.04 Å². The van der Waals surface area contributed by atoms with E-state index in [1.54, 1.807) is 0 Å². The lowest BCUT2D eigenvalue weighted by Crippen LogP contribution is -2.57. The summed E-state index contributed by atoms with van der Waals surface area (Å²) < 4.78 is 24.6. The van der Waals surface area contributed by atoms with Gasteiger partial charge in [-0.3, -0.25) is 0 Å². The maximum Gasteiger partial charge on any atom is 0.503 e. The van der Waals surface area contributed by atoms with Gasteiger partial charge in [0.15, 0.2) is 5.79 Å². The van der Waals surface area contributed by atoms with E-state index in [0.717, 1.165) is 51.2 Å². The van der Waals surface area contributed by atoms with Crippen molar-refractivity contribution in [2.24, 2.45) is 0 Å². The molecule has 0 spiro atoms. The zero-order chi connectivity index (χ0) is 14.9. The molecule has 1 rings (SSSR count). The summed E-state index contributed by atoms with van der Waals surface area (Å²) in [5.74, 6) is -0.484. The molecule has 0 amide bonds. The molecule has 1 aliphatic rings. The van der Waals surface area contributed by atoms with Crippen LogP contribution in [0.1, 0.15) is 66.2 Å². The summed E-state index contributed by atoms with van der Waals surface area (Å²) in [6.45, 7) is 10.6. The van der Waals surface area contributed by atoms with E-state index >= 15 is 0 Å². The first kappa shape index (κ1) is 18.1. The summed E-state index contributed by atoms with van der Waals surface area (Å²) in [4.78, 5) is 0. The minimum atomic E-state index is -2.56. The molecule has 5 heteroatoms. The molecule has 1 aliphatic heterocycles. The maximum atomic E-state index is 6.39. The highest BCUT2D eigenvalue weighted by molar-refractivity contribution is 6.61. The summed E-state index contributed by atoms with van der Waals surface area (Å²) in [6.07, 6.45) is 5.85. The Balaban J connectivity index is 2.75. The molecule has 1 unspecified atom stereocenters. The highest BCUT2D eigenvalue weighted by Gasteiger charge is 2.52. The molecular weight excluding hydrogens is 272 g/mol. The molecule has 0 aromatic rings. The molecule has 0 aliphatic carbocycles. The largest absolute Gasteiger partial charge is 0.503 e. The zero-order valence-electron chi connectivity index (χ0n) is 13.7. The summed E-state index contributed by atoms with van der Waals surface area (Å²) in [7, 11) is -2.56. The van der Waals surface area contributed by atoms with E-state index in [0.29, 0.717) is 13.2 Å². The number of hydrogen-bond donors (Lipinski definition) is 0. The van der Waals surface area contributed by atoms with E-state index in [1.807, 2.05) is 0 Å². The fourth-order valence-electron chi connectivity index (χ4n) is 2.46. The van der Waals surface area contributed by atoms with Crippen LogP contribution in [-0.2, 0) is 18.0 Å². The first-order valence-electron chi connectivity index (χ1n) is 8.28. The van der Waals surface area contributed by atoms with Gasteiger partial charge in [-0.1, -0.05) is 27.7 Å². The van der Waals surface area contributed by atoms with Crippen molar-refractivity contribution in [3.05, 3.63) is 0 Å². The third-order valence-corrected chi connectivity index (χ3v) is 6.48. The minimum absolute atomic E-state index is 0.484. The van der Waals surface area contributed by atoms with Crippen LogP contribution in [0.25, 0.3) is 0 Å². The second-order valence-electron chi connectivity index (χ2n) is 5.45. The molecule has 20 heavy (non-hydrogen) atoms. The van der Waals surface area contributed by atoms with Crippen molar-refractivity contribution >= 4 is 8.80 Å². The molecule has 1 atom stereocenters. The topological polar surface area (TPSA) is 36.9 Å². The van der Waals surface area contributed by atoms with Gasteiger partial charge in [-0.05, 0) is 32.1 Å². The van der Waals surface area contributed by atoms with E-state index in [-0.39, 0.29) is 0 Å². The van der Waals surface area contributed by atoms with Gasteiger partial charge in [0.1, 0.15) is 0 Å². The lowest BCUT2D eigenvalue weighted by Gasteiger charge is -2.44. The van der Waals surface area contributed by atoms with E-state index in [9.17, 15) is 0 Å². The average Bonchev–Trinajstić information content (AvgIpc) is 2.49. The van der Waals surface area contributed by atoms with Crippen molar-refractivity contribution in [1.82, 2.24) is 0 Å². The van der Waals surface area contributed by atoms with Gasteiger partial charge in [-0.15, -0.1) is 0 Å². The van der Waals surface area contributed by atoms with Gasteiger partial charge in [0.25, 0.3) is 0 Å². The Morgan fingerprint density at radius 3 is 2.05 bits per heavy atom. The summed E-state index contributed by atoms with van der Waals surface area (Å²) in [5.41, 5.74) is 0. The van der Waals surface area contributed by atoms with E-state index in [4.69, 9.17) is 18.0 Å². The van der Waals surface area contributed by atoms with Crippen molar-refractivity contribution in [2.75, 3.05) is 19.8 Å². The lowest BCUT2D eigenvalue weighted by atomic mass is 10.1.